The predicted molar refractivity (Wildman–Crippen MR) is 65.9 cm³/mol. The number of oxime groups is 1. The Hall–Kier alpha value is -1.94. The lowest BCUT2D eigenvalue weighted by Gasteiger charge is -1.97. The van der Waals surface area contributed by atoms with E-state index >= 15 is 0 Å². The van der Waals surface area contributed by atoms with Crippen LogP contribution < -0.4 is 0 Å². The van der Waals surface area contributed by atoms with Crippen LogP contribution in [0.3, 0.4) is 0 Å². The average Bonchev–Trinajstić information content (AvgIpc) is 2.84. The van der Waals surface area contributed by atoms with Crippen LogP contribution in [0.25, 0.3) is 6.08 Å². The Morgan fingerprint density at radius 2 is 2.12 bits per heavy atom. The number of rotatable bonds is 3. The lowest BCUT2D eigenvalue weighted by molar-refractivity contribution is 0.320. The average molecular weight is 230 g/mol. The zero-order valence-corrected chi connectivity index (χ0v) is 9.26. The smallest absolute Gasteiger partial charge is 0.110 e. The SMILES string of the molecule is O/N=C(\C=Cc1cccs1)c1ccncc1. The van der Waals surface area contributed by atoms with E-state index in [0.717, 1.165) is 10.4 Å². The van der Waals surface area contributed by atoms with Gasteiger partial charge in [-0.1, -0.05) is 11.2 Å². The van der Waals surface area contributed by atoms with E-state index in [1.807, 2.05) is 23.6 Å². The van der Waals surface area contributed by atoms with Crippen LogP contribution >= 0.6 is 11.3 Å². The molecule has 0 amide bonds. The summed E-state index contributed by atoms with van der Waals surface area (Å²) in [6.07, 6.45) is 7.03. The minimum absolute atomic E-state index is 0.524. The minimum Gasteiger partial charge on any atom is -0.410 e. The molecule has 0 spiro atoms. The van der Waals surface area contributed by atoms with Crippen molar-refractivity contribution in [1.82, 2.24) is 4.98 Å². The molecule has 0 saturated heterocycles. The molecule has 0 aliphatic rings. The molecule has 3 nitrogen and oxygen atoms in total. The molecule has 1 N–H and O–H groups in total. The molecule has 0 atom stereocenters. The zero-order chi connectivity index (χ0) is 11.2. The van der Waals surface area contributed by atoms with Crippen molar-refractivity contribution in [3.63, 3.8) is 0 Å². The summed E-state index contributed by atoms with van der Waals surface area (Å²) in [6, 6.07) is 7.58. The van der Waals surface area contributed by atoms with E-state index in [2.05, 4.69) is 10.1 Å². The van der Waals surface area contributed by atoms with Gasteiger partial charge in [0.05, 0.1) is 0 Å². The quantitative estimate of drug-likeness (QED) is 0.500. The van der Waals surface area contributed by atoms with Gasteiger partial charge in [-0.05, 0) is 35.7 Å². The van der Waals surface area contributed by atoms with Crippen molar-refractivity contribution in [2.24, 2.45) is 5.16 Å². The van der Waals surface area contributed by atoms with Gasteiger partial charge in [0.2, 0.25) is 0 Å². The Balaban J connectivity index is 2.20. The fourth-order valence-electron chi connectivity index (χ4n) is 1.26. The first-order valence-corrected chi connectivity index (χ1v) is 5.62. The van der Waals surface area contributed by atoms with Crippen LogP contribution in [-0.2, 0) is 0 Å². The lowest BCUT2D eigenvalue weighted by atomic mass is 10.1. The first-order chi connectivity index (χ1) is 7.90. The van der Waals surface area contributed by atoms with Gasteiger partial charge < -0.3 is 5.21 Å². The van der Waals surface area contributed by atoms with Crippen LogP contribution in [0, 0.1) is 0 Å². The Labute approximate surface area is 97.4 Å². The molecule has 4 heteroatoms. The van der Waals surface area contributed by atoms with Crippen LogP contribution in [0.1, 0.15) is 10.4 Å². The summed E-state index contributed by atoms with van der Waals surface area (Å²) in [4.78, 5) is 5.03. The van der Waals surface area contributed by atoms with Crippen molar-refractivity contribution >= 4 is 23.1 Å². The first kappa shape index (κ1) is 10.6. The highest BCUT2D eigenvalue weighted by atomic mass is 32.1. The van der Waals surface area contributed by atoms with E-state index in [1.54, 1.807) is 41.9 Å². The van der Waals surface area contributed by atoms with Gasteiger partial charge in [0.1, 0.15) is 5.71 Å². The zero-order valence-electron chi connectivity index (χ0n) is 8.45. The van der Waals surface area contributed by atoms with E-state index in [1.165, 1.54) is 0 Å². The molecule has 2 aromatic heterocycles. The molecular formula is C12H10N2OS. The van der Waals surface area contributed by atoms with E-state index in [-0.39, 0.29) is 0 Å². The summed E-state index contributed by atoms with van der Waals surface area (Å²) in [6.45, 7) is 0. The van der Waals surface area contributed by atoms with E-state index in [0.29, 0.717) is 5.71 Å². The van der Waals surface area contributed by atoms with Crippen LogP contribution in [0.2, 0.25) is 0 Å². The topological polar surface area (TPSA) is 45.5 Å². The number of pyridine rings is 1. The maximum absolute atomic E-state index is 8.93. The van der Waals surface area contributed by atoms with Crippen LogP contribution in [0.4, 0.5) is 0 Å². The number of allylic oxidation sites excluding steroid dienone is 1. The molecule has 0 aliphatic carbocycles. The van der Waals surface area contributed by atoms with Gasteiger partial charge in [-0.2, -0.15) is 0 Å². The second-order valence-electron chi connectivity index (χ2n) is 3.07. The van der Waals surface area contributed by atoms with Gasteiger partial charge in [-0.25, -0.2) is 0 Å². The van der Waals surface area contributed by atoms with Crippen LogP contribution in [-0.4, -0.2) is 15.9 Å². The maximum atomic E-state index is 8.93. The summed E-state index contributed by atoms with van der Waals surface area (Å²) in [7, 11) is 0. The third kappa shape index (κ3) is 2.55. The fraction of sp³-hybridized carbons (Fsp3) is 0. The van der Waals surface area contributed by atoms with Crippen molar-refractivity contribution in [3.05, 3.63) is 58.6 Å². The van der Waals surface area contributed by atoms with Crippen molar-refractivity contribution in [3.8, 4) is 0 Å². The molecular weight excluding hydrogens is 220 g/mol. The van der Waals surface area contributed by atoms with Crippen molar-refractivity contribution < 1.29 is 5.21 Å². The third-order valence-corrected chi connectivity index (χ3v) is 2.87. The normalized spacial score (nSPS) is 12.1. The molecule has 0 aromatic carbocycles. The molecule has 2 heterocycles. The van der Waals surface area contributed by atoms with Gasteiger partial charge in [-0.15, -0.1) is 11.3 Å². The number of hydrogen-bond donors (Lipinski definition) is 1. The van der Waals surface area contributed by atoms with Gasteiger partial charge in [0, 0.05) is 22.8 Å². The monoisotopic (exact) mass is 230 g/mol. The van der Waals surface area contributed by atoms with Crippen LogP contribution in [0.15, 0.2) is 53.3 Å². The highest BCUT2D eigenvalue weighted by molar-refractivity contribution is 7.10. The van der Waals surface area contributed by atoms with Crippen molar-refractivity contribution in [2.45, 2.75) is 0 Å². The molecule has 80 valence electrons. The maximum Gasteiger partial charge on any atom is 0.110 e. The number of nitrogens with zero attached hydrogens (tertiary/aromatic N) is 2. The number of thiophene rings is 1. The summed E-state index contributed by atoms with van der Waals surface area (Å²) in [5, 5.41) is 14.2. The minimum atomic E-state index is 0.524. The highest BCUT2D eigenvalue weighted by Crippen LogP contribution is 2.11. The largest absolute Gasteiger partial charge is 0.410 e. The number of aromatic nitrogens is 1. The summed E-state index contributed by atoms with van der Waals surface area (Å²) >= 11 is 1.63. The molecule has 0 saturated carbocycles. The van der Waals surface area contributed by atoms with Crippen LogP contribution in [0.5, 0.6) is 0 Å². The second kappa shape index (κ2) is 5.23. The van der Waals surface area contributed by atoms with Crippen molar-refractivity contribution in [1.29, 1.82) is 0 Å². The van der Waals surface area contributed by atoms with E-state index < -0.39 is 0 Å². The third-order valence-electron chi connectivity index (χ3n) is 2.03. The molecule has 2 rings (SSSR count). The molecule has 0 radical (unpaired) electrons. The summed E-state index contributed by atoms with van der Waals surface area (Å²) < 4.78 is 0. The molecule has 0 unspecified atom stereocenters. The summed E-state index contributed by atoms with van der Waals surface area (Å²) in [5.74, 6) is 0. The second-order valence-corrected chi connectivity index (χ2v) is 4.05. The van der Waals surface area contributed by atoms with Crippen molar-refractivity contribution in [2.75, 3.05) is 0 Å². The van der Waals surface area contributed by atoms with E-state index in [4.69, 9.17) is 5.21 Å². The van der Waals surface area contributed by atoms with Gasteiger partial charge in [-0.3, -0.25) is 4.98 Å². The fourth-order valence-corrected chi connectivity index (χ4v) is 1.88. The number of hydrogen-bond acceptors (Lipinski definition) is 4. The van der Waals surface area contributed by atoms with E-state index in [9.17, 15) is 0 Å². The molecule has 0 aliphatic heterocycles. The van der Waals surface area contributed by atoms with Gasteiger partial charge in [0.25, 0.3) is 0 Å². The molecule has 0 fully saturated rings. The Morgan fingerprint density at radius 1 is 1.31 bits per heavy atom. The standard InChI is InChI=1S/C12H10N2OS/c15-14-12(10-5-7-13-8-6-10)4-3-11-2-1-9-16-11/h1-9,15H/b4-3?,14-12+. The molecule has 0 bridgehead atoms. The summed E-state index contributed by atoms with van der Waals surface area (Å²) in [5.41, 5.74) is 1.36. The van der Waals surface area contributed by atoms with Gasteiger partial charge in [0.15, 0.2) is 0 Å². The predicted octanol–water partition coefficient (Wildman–Crippen LogP) is 3.03. The molecule has 16 heavy (non-hydrogen) atoms. The Morgan fingerprint density at radius 3 is 2.75 bits per heavy atom. The van der Waals surface area contributed by atoms with Gasteiger partial charge >= 0.3 is 0 Å². The Bertz CT molecular complexity index is 489. The highest BCUT2D eigenvalue weighted by Gasteiger charge is 1.98. The lowest BCUT2D eigenvalue weighted by Crippen LogP contribution is -1.96. The first-order valence-electron chi connectivity index (χ1n) is 4.74. The Kier molecular flexibility index (Phi) is 3.46. The molecule has 2 aromatic rings.